The molecule has 0 fully saturated rings. The standard InChI is InChI=1S/2C3H9N3S.2ClH/c2*1-2(4)7-3(5)6;;/h2*2H,4H2,1H3,(H3,5,6);2*1H. The predicted octanol–water partition coefficient (Wildman–Crippen LogP) is -9.80. The molecule has 0 saturated heterocycles. The normalized spacial score (nSPS) is 11.8. The lowest BCUT2D eigenvalue weighted by atomic mass is 10.8. The monoisotopic (exact) mass is 310 g/mol. The summed E-state index contributed by atoms with van der Waals surface area (Å²) in [6.45, 7) is 3.65. The van der Waals surface area contributed by atoms with Crippen LogP contribution in [0.1, 0.15) is 13.8 Å². The minimum atomic E-state index is 0. The van der Waals surface area contributed by atoms with Crippen molar-refractivity contribution in [2.24, 2.45) is 22.9 Å². The second-order valence-electron chi connectivity index (χ2n) is 2.45. The number of hydrogen-bond donors (Lipinski definition) is 6. The number of thioether (sulfide) groups is 2. The van der Waals surface area contributed by atoms with Gasteiger partial charge in [0.25, 0.3) is 0 Å². The Balaban J connectivity index is -0.0000000800. The van der Waals surface area contributed by atoms with Gasteiger partial charge in [-0.3, -0.25) is 22.3 Å². The van der Waals surface area contributed by atoms with E-state index in [1.807, 2.05) is 13.8 Å². The molecule has 6 nitrogen and oxygen atoms in total. The first-order chi connectivity index (χ1) is 6.25. The Kier molecular flexibility index (Phi) is 23.8. The van der Waals surface area contributed by atoms with E-state index in [9.17, 15) is 0 Å². The van der Waals surface area contributed by atoms with E-state index < -0.39 is 0 Å². The summed E-state index contributed by atoms with van der Waals surface area (Å²) in [7, 11) is 0. The van der Waals surface area contributed by atoms with Crippen LogP contribution in [0.25, 0.3) is 0 Å². The summed E-state index contributed by atoms with van der Waals surface area (Å²) >= 11 is 2.52. The van der Waals surface area contributed by atoms with Crippen molar-refractivity contribution in [3.8, 4) is 0 Å². The van der Waals surface area contributed by atoms with Crippen LogP contribution in [0.2, 0.25) is 0 Å². The summed E-state index contributed by atoms with van der Waals surface area (Å²) in [4.78, 5) is 0. The molecule has 0 bridgehead atoms. The van der Waals surface area contributed by atoms with Crippen LogP contribution in [0.5, 0.6) is 0 Å². The van der Waals surface area contributed by atoms with E-state index in [4.69, 9.17) is 33.8 Å². The van der Waals surface area contributed by atoms with E-state index in [0.29, 0.717) is 10.3 Å². The SMILES string of the molecule is CC(N)SC(N)=[NH2+].CC(N)SC(N)=[NH2+].[Cl-].[Cl-]. The lowest BCUT2D eigenvalue weighted by Crippen LogP contribution is -3.00. The Morgan fingerprint density at radius 2 is 1.06 bits per heavy atom. The molecule has 0 aliphatic heterocycles. The molecule has 0 radical (unpaired) electrons. The lowest BCUT2D eigenvalue weighted by molar-refractivity contribution is -0.110. The van der Waals surface area contributed by atoms with Gasteiger partial charge in [-0.25, -0.2) is 0 Å². The molecule has 100 valence electrons. The third kappa shape index (κ3) is 36.8. The predicted molar refractivity (Wildman–Crippen MR) is 64.7 cm³/mol. The molecule has 0 spiro atoms. The molecule has 0 aromatic heterocycles. The van der Waals surface area contributed by atoms with Crippen LogP contribution in [-0.2, 0) is 0 Å². The van der Waals surface area contributed by atoms with Crippen LogP contribution in [0.3, 0.4) is 0 Å². The molecular weight excluding hydrogens is 291 g/mol. The molecule has 0 saturated carbocycles. The second-order valence-corrected chi connectivity index (χ2v) is 5.35. The summed E-state index contributed by atoms with van der Waals surface area (Å²) in [5.41, 5.74) is 20.7. The van der Waals surface area contributed by atoms with Gasteiger partial charge in [0.15, 0.2) is 0 Å². The van der Waals surface area contributed by atoms with E-state index in [1.54, 1.807) is 0 Å². The molecule has 0 rings (SSSR count). The van der Waals surface area contributed by atoms with Gasteiger partial charge in [-0.15, -0.1) is 0 Å². The number of halogens is 2. The highest BCUT2D eigenvalue weighted by atomic mass is 35.5. The van der Waals surface area contributed by atoms with E-state index in [1.165, 1.54) is 23.5 Å². The van der Waals surface area contributed by atoms with Crippen LogP contribution in [0.15, 0.2) is 0 Å². The van der Waals surface area contributed by atoms with Crippen LogP contribution in [0.4, 0.5) is 0 Å². The fourth-order valence-electron chi connectivity index (χ4n) is 0.429. The molecular formula is C6H20Cl2N6S2. The van der Waals surface area contributed by atoms with Gasteiger partial charge in [-0.2, -0.15) is 0 Å². The van der Waals surface area contributed by atoms with Crippen molar-refractivity contribution in [2.75, 3.05) is 0 Å². The summed E-state index contributed by atoms with van der Waals surface area (Å²) in [6, 6.07) is 0. The van der Waals surface area contributed by atoms with Crippen molar-refractivity contribution in [2.45, 2.75) is 24.6 Å². The van der Waals surface area contributed by atoms with E-state index in [2.05, 4.69) is 0 Å². The number of nitrogens with two attached hydrogens (primary N) is 6. The maximum absolute atomic E-state index is 5.28. The van der Waals surface area contributed by atoms with E-state index in [0.717, 1.165) is 0 Å². The third-order valence-electron chi connectivity index (χ3n) is 0.644. The zero-order chi connectivity index (χ0) is 11.7. The summed E-state index contributed by atoms with van der Waals surface area (Å²) in [6.07, 6.45) is 0. The van der Waals surface area contributed by atoms with Crippen LogP contribution < -0.4 is 58.6 Å². The Morgan fingerprint density at radius 3 is 1.06 bits per heavy atom. The highest BCUT2D eigenvalue weighted by molar-refractivity contribution is 8.14. The minimum absolute atomic E-state index is 0. The number of amidine groups is 2. The largest absolute Gasteiger partial charge is 1.00 e. The Hall–Kier alpha value is 0.140. The van der Waals surface area contributed by atoms with Crippen molar-refractivity contribution in [1.82, 2.24) is 0 Å². The van der Waals surface area contributed by atoms with E-state index in [-0.39, 0.29) is 35.6 Å². The molecule has 0 aromatic carbocycles. The molecule has 0 heterocycles. The molecule has 12 N–H and O–H groups in total. The van der Waals surface area contributed by atoms with Gasteiger partial charge in [0.1, 0.15) is 0 Å². The van der Waals surface area contributed by atoms with Gasteiger partial charge in [-0.1, -0.05) is 0 Å². The molecule has 0 amide bonds. The van der Waals surface area contributed by atoms with Crippen molar-refractivity contribution in [3.63, 3.8) is 0 Å². The van der Waals surface area contributed by atoms with Crippen molar-refractivity contribution >= 4 is 33.9 Å². The van der Waals surface area contributed by atoms with Crippen LogP contribution in [0, 0.1) is 0 Å². The maximum atomic E-state index is 5.28. The second kappa shape index (κ2) is 15.1. The Morgan fingerprint density at radius 1 is 0.875 bits per heavy atom. The molecule has 0 aromatic rings. The molecule has 10 heteroatoms. The molecule has 0 aliphatic carbocycles. The van der Waals surface area contributed by atoms with E-state index >= 15 is 0 Å². The average Bonchev–Trinajstić information content (AvgIpc) is 1.79. The molecule has 0 aliphatic rings. The number of rotatable bonds is 2. The highest BCUT2D eigenvalue weighted by Gasteiger charge is 1.99. The lowest BCUT2D eigenvalue weighted by Gasteiger charge is -1.94. The first kappa shape index (κ1) is 25.1. The third-order valence-corrected chi connectivity index (χ3v) is 1.93. The zero-order valence-corrected chi connectivity index (χ0v) is 12.3. The highest BCUT2D eigenvalue weighted by Crippen LogP contribution is 1.98. The molecule has 2 unspecified atom stereocenters. The fourth-order valence-corrected chi connectivity index (χ4v) is 1.29. The smallest absolute Gasteiger partial charge is 0.301 e. The summed E-state index contributed by atoms with van der Waals surface area (Å²) in [5.74, 6) is 0. The minimum Gasteiger partial charge on any atom is -1.00 e. The fraction of sp³-hybridized carbons (Fsp3) is 0.667. The summed E-state index contributed by atoms with van der Waals surface area (Å²) in [5, 5.41) is 10.8. The Bertz CT molecular complexity index is 170. The Labute approximate surface area is 117 Å². The van der Waals surface area contributed by atoms with Crippen LogP contribution >= 0.6 is 23.5 Å². The van der Waals surface area contributed by atoms with Gasteiger partial charge in [0.05, 0.1) is 10.7 Å². The van der Waals surface area contributed by atoms with Gasteiger partial charge in [0.2, 0.25) is 0 Å². The van der Waals surface area contributed by atoms with Crippen LogP contribution in [-0.4, -0.2) is 21.1 Å². The average molecular weight is 311 g/mol. The first-order valence-electron chi connectivity index (χ1n) is 3.86. The molecule has 2 atom stereocenters. The first-order valence-corrected chi connectivity index (χ1v) is 5.62. The summed E-state index contributed by atoms with van der Waals surface area (Å²) < 4.78 is 0. The quantitative estimate of drug-likeness (QED) is 0.169. The van der Waals surface area contributed by atoms with Gasteiger partial charge in [-0.05, 0) is 37.4 Å². The van der Waals surface area contributed by atoms with Crippen molar-refractivity contribution < 1.29 is 35.6 Å². The van der Waals surface area contributed by atoms with Crippen molar-refractivity contribution in [1.29, 1.82) is 0 Å². The number of hydrogen-bond acceptors (Lipinski definition) is 4. The van der Waals surface area contributed by atoms with Gasteiger partial charge < -0.3 is 36.3 Å². The topological polar surface area (TPSA) is 155 Å². The maximum Gasteiger partial charge on any atom is 0.301 e. The van der Waals surface area contributed by atoms with Crippen molar-refractivity contribution in [3.05, 3.63) is 0 Å². The molecule has 16 heavy (non-hydrogen) atoms. The van der Waals surface area contributed by atoms with Gasteiger partial charge >= 0.3 is 10.3 Å². The van der Waals surface area contributed by atoms with Gasteiger partial charge in [0, 0.05) is 0 Å². The zero-order valence-electron chi connectivity index (χ0n) is 9.19.